The zero-order chi connectivity index (χ0) is 14.7. The Morgan fingerprint density at radius 3 is 2.81 bits per heavy atom. The van der Waals surface area contributed by atoms with E-state index in [-0.39, 0.29) is 0 Å². The molecule has 21 heavy (non-hydrogen) atoms. The topological polar surface area (TPSA) is 29.9 Å². The van der Waals surface area contributed by atoms with E-state index in [0.717, 1.165) is 24.2 Å². The number of benzene rings is 1. The predicted octanol–water partition coefficient (Wildman–Crippen LogP) is 3.76. The molecule has 2 heterocycles. The van der Waals surface area contributed by atoms with Gasteiger partial charge in [0.25, 0.3) is 0 Å². The highest BCUT2D eigenvalue weighted by Crippen LogP contribution is 2.17. The number of pyridine rings is 1. The molecule has 0 fully saturated rings. The molecule has 0 aliphatic carbocycles. The van der Waals surface area contributed by atoms with Crippen molar-refractivity contribution < 1.29 is 0 Å². The largest absolute Gasteiger partial charge is 0.348 e. The van der Waals surface area contributed by atoms with Gasteiger partial charge in [0.1, 0.15) is 0 Å². The third-order valence-electron chi connectivity index (χ3n) is 3.93. The predicted molar refractivity (Wildman–Crippen MR) is 87.4 cm³/mol. The monoisotopic (exact) mass is 279 g/mol. The van der Waals surface area contributed by atoms with Crippen LogP contribution in [0.4, 0.5) is 0 Å². The molecule has 108 valence electrons. The first-order chi connectivity index (χ1) is 10.3. The second kappa shape index (κ2) is 6.10. The molecule has 1 N–H and O–H groups in total. The van der Waals surface area contributed by atoms with Crippen molar-refractivity contribution in [1.29, 1.82) is 0 Å². The number of hydrogen-bond donors (Lipinski definition) is 1. The molecular weight excluding hydrogens is 258 g/mol. The molecule has 0 aliphatic heterocycles. The highest BCUT2D eigenvalue weighted by molar-refractivity contribution is 5.78. The molecule has 0 spiro atoms. The summed E-state index contributed by atoms with van der Waals surface area (Å²) in [4.78, 5) is 4.73. The zero-order valence-corrected chi connectivity index (χ0v) is 12.6. The highest BCUT2D eigenvalue weighted by Gasteiger charge is 2.08. The van der Waals surface area contributed by atoms with Gasteiger partial charge in [0.2, 0.25) is 0 Å². The number of hydrogen-bond acceptors (Lipinski definition) is 2. The lowest BCUT2D eigenvalue weighted by Crippen LogP contribution is -2.14. The normalized spacial score (nSPS) is 12.7. The van der Waals surface area contributed by atoms with Gasteiger partial charge in [-0.2, -0.15) is 0 Å². The highest BCUT2D eigenvalue weighted by atomic mass is 15.0. The Kier molecular flexibility index (Phi) is 4.02. The van der Waals surface area contributed by atoms with Gasteiger partial charge in [0.15, 0.2) is 0 Å². The van der Waals surface area contributed by atoms with Gasteiger partial charge in [0, 0.05) is 23.8 Å². The van der Waals surface area contributed by atoms with Gasteiger partial charge in [-0.25, -0.2) is 0 Å². The molecule has 3 aromatic rings. The van der Waals surface area contributed by atoms with E-state index < -0.39 is 0 Å². The van der Waals surface area contributed by atoms with Crippen molar-refractivity contribution in [3.63, 3.8) is 0 Å². The Balaban J connectivity index is 1.81. The van der Waals surface area contributed by atoms with E-state index in [1.165, 1.54) is 10.9 Å². The molecule has 0 amide bonds. The first-order valence-corrected chi connectivity index (χ1v) is 7.47. The van der Waals surface area contributed by atoms with E-state index in [9.17, 15) is 0 Å². The number of aromatic nitrogens is 2. The van der Waals surface area contributed by atoms with Crippen molar-refractivity contribution >= 4 is 10.9 Å². The van der Waals surface area contributed by atoms with Crippen LogP contribution in [0.1, 0.15) is 30.6 Å². The summed E-state index contributed by atoms with van der Waals surface area (Å²) in [6.45, 7) is 3.01. The maximum Gasteiger partial charge on any atom is 0.0706 e. The number of para-hydroxylation sites is 1. The van der Waals surface area contributed by atoms with Crippen LogP contribution >= 0.6 is 0 Å². The zero-order valence-electron chi connectivity index (χ0n) is 12.6. The summed E-state index contributed by atoms with van der Waals surface area (Å²) in [5.41, 5.74) is 3.48. The van der Waals surface area contributed by atoms with Crippen LogP contribution in [-0.4, -0.2) is 16.6 Å². The van der Waals surface area contributed by atoms with Crippen LogP contribution in [0.15, 0.2) is 54.9 Å². The summed E-state index contributed by atoms with van der Waals surface area (Å²) in [5.74, 6) is 0. The molecule has 0 bridgehead atoms. The Morgan fingerprint density at radius 1 is 1.14 bits per heavy atom. The third-order valence-corrected chi connectivity index (χ3v) is 3.93. The molecule has 3 nitrogen and oxygen atoms in total. The van der Waals surface area contributed by atoms with Gasteiger partial charge in [-0.1, -0.05) is 31.2 Å². The van der Waals surface area contributed by atoms with E-state index >= 15 is 0 Å². The Hall–Kier alpha value is -2.13. The number of nitrogens with zero attached hydrogens (tertiary/aromatic N) is 2. The Morgan fingerprint density at radius 2 is 2.00 bits per heavy atom. The lowest BCUT2D eigenvalue weighted by atomic mass is 10.1. The van der Waals surface area contributed by atoms with Gasteiger partial charge >= 0.3 is 0 Å². The fourth-order valence-corrected chi connectivity index (χ4v) is 2.75. The molecule has 1 unspecified atom stereocenters. The van der Waals surface area contributed by atoms with Crippen molar-refractivity contribution in [2.24, 2.45) is 0 Å². The van der Waals surface area contributed by atoms with Crippen molar-refractivity contribution in [2.75, 3.05) is 7.05 Å². The number of fused-ring (bicyclic) bond motifs is 1. The summed E-state index contributed by atoms with van der Waals surface area (Å²) in [7, 11) is 2.01. The van der Waals surface area contributed by atoms with Crippen LogP contribution in [-0.2, 0) is 6.54 Å². The van der Waals surface area contributed by atoms with Gasteiger partial charge in [-0.15, -0.1) is 0 Å². The third kappa shape index (κ3) is 2.98. The Labute approximate surface area is 125 Å². The SMILES string of the molecule is CCC(NC)c1ccn(Cc2ccc3ccccc3n2)c1. The molecule has 0 radical (unpaired) electrons. The van der Waals surface area contributed by atoms with Crippen LogP contribution in [0, 0.1) is 0 Å². The van der Waals surface area contributed by atoms with Gasteiger partial charge in [-0.3, -0.25) is 4.98 Å². The molecule has 3 rings (SSSR count). The van der Waals surface area contributed by atoms with Crippen molar-refractivity contribution in [2.45, 2.75) is 25.9 Å². The molecule has 1 atom stereocenters. The number of nitrogens with one attached hydrogen (secondary N) is 1. The summed E-state index contributed by atoms with van der Waals surface area (Å²) in [6, 6.07) is 15.1. The van der Waals surface area contributed by atoms with Crippen LogP contribution in [0.2, 0.25) is 0 Å². The van der Waals surface area contributed by atoms with Crippen LogP contribution in [0.3, 0.4) is 0 Å². The fraction of sp³-hybridized carbons (Fsp3) is 0.278. The van der Waals surface area contributed by atoms with Crippen molar-refractivity contribution in [3.05, 3.63) is 66.1 Å². The first kappa shape index (κ1) is 13.8. The van der Waals surface area contributed by atoms with E-state index in [1.54, 1.807) is 0 Å². The first-order valence-electron chi connectivity index (χ1n) is 7.47. The summed E-state index contributed by atoms with van der Waals surface area (Å²) in [5, 5.41) is 4.53. The standard InChI is InChI=1S/C18H21N3/c1-3-17(19-2)15-10-11-21(12-15)13-16-9-8-14-6-4-5-7-18(14)20-16/h4-12,17,19H,3,13H2,1-2H3. The lowest BCUT2D eigenvalue weighted by molar-refractivity contribution is 0.575. The minimum Gasteiger partial charge on any atom is -0.348 e. The fourth-order valence-electron chi connectivity index (χ4n) is 2.75. The maximum absolute atomic E-state index is 4.73. The second-order valence-corrected chi connectivity index (χ2v) is 5.36. The quantitative estimate of drug-likeness (QED) is 0.770. The van der Waals surface area contributed by atoms with Gasteiger partial charge in [-0.05, 0) is 37.2 Å². The van der Waals surface area contributed by atoms with E-state index in [0.29, 0.717) is 6.04 Å². The minimum absolute atomic E-state index is 0.427. The second-order valence-electron chi connectivity index (χ2n) is 5.36. The van der Waals surface area contributed by atoms with Gasteiger partial charge in [0.05, 0.1) is 17.8 Å². The average molecular weight is 279 g/mol. The molecular formula is C18H21N3. The molecule has 0 saturated heterocycles. The molecule has 2 aromatic heterocycles. The summed E-state index contributed by atoms with van der Waals surface area (Å²) in [6.07, 6.45) is 5.43. The average Bonchev–Trinajstić information content (AvgIpc) is 2.97. The van der Waals surface area contributed by atoms with E-state index in [2.05, 4.69) is 59.5 Å². The minimum atomic E-state index is 0.427. The summed E-state index contributed by atoms with van der Waals surface area (Å²) < 4.78 is 2.20. The van der Waals surface area contributed by atoms with Crippen LogP contribution < -0.4 is 5.32 Å². The Bertz CT molecular complexity index is 726. The van der Waals surface area contributed by atoms with Crippen LogP contribution in [0.5, 0.6) is 0 Å². The van der Waals surface area contributed by atoms with Gasteiger partial charge < -0.3 is 9.88 Å². The van der Waals surface area contributed by atoms with E-state index in [1.807, 2.05) is 19.2 Å². The molecule has 0 saturated carbocycles. The molecule has 0 aliphatic rings. The van der Waals surface area contributed by atoms with Crippen LogP contribution in [0.25, 0.3) is 10.9 Å². The summed E-state index contributed by atoms with van der Waals surface area (Å²) >= 11 is 0. The number of rotatable bonds is 5. The maximum atomic E-state index is 4.73. The lowest BCUT2D eigenvalue weighted by Gasteiger charge is -2.11. The molecule has 3 heteroatoms. The van der Waals surface area contributed by atoms with E-state index in [4.69, 9.17) is 4.98 Å². The van der Waals surface area contributed by atoms with Crippen molar-refractivity contribution in [3.8, 4) is 0 Å². The smallest absolute Gasteiger partial charge is 0.0706 e. The van der Waals surface area contributed by atoms with Crippen molar-refractivity contribution in [1.82, 2.24) is 14.9 Å². The molecule has 1 aromatic carbocycles.